The molecule has 1 aromatic carbocycles. The van der Waals surface area contributed by atoms with Crippen LogP contribution in [0.1, 0.15) is 57.6 Å². The Morgan fingerprint density at radius 1 is 1.04 bits per heavy atom. The van der Waals surface area contributed by atoms with Crippen molar-refractivity contribution in [3.63, 3.8) is 0 Å². The van der Waals surface area contributed by atoms with Gasteiger partial charge in [0.25, 0.3) is 0 Å². The van der Waals surface area contributed by atoms with Crippen molar-refractivity contribution >= 4 is 17.6 Å². The molecule has 156 valence electrons. The molecular formula is C23H37N3O2. The number of carbonyl (C=O) groups excluding carboxylic acids is 2. The summed E-state index contributed by atoms with van der Waals surface area (Å²) in [4.78, 5) is 29.3. The maximum atomic E-state index is 12.6. The van der Waals surface area contributed by atoms with Crippen LogP contribution < -0.4 is 10.2 Å². The highest BCUT2D eigenvalue weighted by Gasteiger charge is 2.26. The number of aryl methyl sites for hydroxylation is 2. The number of urea groups is 1. The Morgan fingerprint density at radius 3 is 2.29 bits per heavy atom. The van der Waals surface area contributed by atoms with Gasteiger partial charge in [0.1, 0.15) is 0 Å². The maximum absolute atomic E-state index is 12.6. The predicted octanol–water partition coefficient (Wildman–Crippen LogP) is 4.51. The van der Waals surface area contributed by atoms with E-state index in [1.807, 2.05) is 0 Å². The topological polar surface area (TPSA) is 52.7 Å². The van der Waals surface area contributed by atoms with Crippen LogP contribution in [0.2, 0.25) is 0 Å². The van der Waals surface area contributed by atoms with Crippen LogP contribution >= 0.6 is 0 Å². The lowest BCUT2D eigenvalue weighted by atomic mass is 9.93. The maximum Gasteiger partial charge on any atom is 0.324 e. The zero-order valence-electron chi connectivity index (χ0n) is 18.3. The number of piperazine rings is 1. The molecular weight excluding hydrogens is 350 g/mol. The van der Waals surface area contributed by atoms with Crippen LogP contribution in [0.25, 0.3) is 0 Å². The summed E-state index contributed by atoms with van der Waals surface area (Å²) in [5.74, 6) is 0.401. The van der Waals surface area contributed by atoms with Gasteiger partial charge >= 0.3 is 6.03 Å². The molecule has 0 aromatic heterocycles. The lowest BCUT2D eigenvalue weighted by Gasteiger charge is -2.36. The van der Waals surface area contributed by atoms with E-state index in [9.17, 15) is 9.59 Å². The van der Waals surface area contributed by atoms with Crippen molar-refractivity contribution in [2.75, 3.05) is 31.1 Å². The fourth-order valence-electron chi connectivity index (χ4n) is 3.89. The first-order valence-corrected chi connectivity index (χ1v) is 10.7. The summed E-state index contributed by atoms with van der Waals surface area (Å²) in [6.07, 6.45) is 3.66. The van der Waals surface area contributed by atoms with Gasteiger partial charge in [0, 0.05) is 37.8 Å². The second-order valence-corrected chi connectivity index (χ2v) is 8.52. The van der Waals surface area contributed by atoms with Gasteiger partial charge in [0.2, 0.25) is 5.91 Å². The van der Waals surface area contributed by atoms with Gasteiger partial charge in [0.05, 0.1) is 0 Å². The lowest BCUT2D eigenvalue weighted by molar-refractivity contribution is -0.124. The van der Waals surface area contributed by atoms with Crippen molar-refractivity contribution in [3.8, 4) is 0 Å². The average molecular weight is 388 g/mol. The van der Waals surface area contributed by atoms with E-state index in [4.69, 9.17) is 0 Å². The first-order chi connectivity index (χ1) is 13.3. The molecule has 5 nitrogen and oxygen atoms in total. The van der Waals surface area contributed by atoms with E-state index in [-0.39, 0.29) is 17.9 Å². The van der Waals surface area contributed by atoms with Crippen molar-refractivity contribution in [1.82, 2.24) is 10.2 Å². The Kier molecular flexibility index (Phi) is 8.34. The van der Waals surface area contributed by atoms with Crippen LogP contribution in [0.15, 0.2) is 18.2 Å². The van der Waals surface area contributed by atoms with Crippen molar-refractivity contribution in [1.29, 1.82) is 0 Å². The summed E-state index contributed by atoms with van der Waals surface area (Å²) in [5, 5.41) is 2.66. The Bertz CT molecular complexity index is 664. The first-order valence-electron chi connectivity index (χ1n) is 10.7. The van der Waals surface area contributed by atoms with Gasteiger partial charge in [0.15, 0.2) is 0 Å². The van der Waals surface area contributed by atoms with E-state index in [0.717, 1.165) is 38.8 Å². The Morgan fingerprint density at radius 2 is 1.71 bits per heavy atom. The summed E-state index contributed by atoms with van der Waals surface area (Å²) in [7, 11) is 0. The molecule has 0 bridgehead atoms. The number of nitrogens with one attached hydrogen (secondary N) is 1. The van der Waals surface area contributed by atoms with E-state index in [2.05, 4.69) is 63.0 Å². The number of nitrogens with zero attached hydrogens (tertiary/aromatic N) is 2. The quantitative estimate of drug-likeness (QED) is 0.749. The normalized spacial score (nSPS) is 15.6. The molecule has 0 spiro atoms. The molecule has 0 unspecified atom stereocenters. The van der Waals surface area contributed by atoms with Crippen LogP contribution in [0.5, 0.6) is 0 Å². The minimum atomic E-state index is -0.240. The summed E-state index contributed by atoms with van der Waals surface area (Å²) in [6, 6.07) is 6.24. The molecule has 3 amide bonds. The van der Waals surface area contributed by atoms with Crippen molar-refractivity contribution in [3.05, 3.63) is 29.3 Å². The van der Waals surface area contributed by atoms with Crippen LogP contribution in [0.4, 0.5) is 10.5 Å². The highest BCUT2D eigenvalue weighted by Crippen LogP contribution is 2.22. The molecule has 1 atom stereocenters. The van der Waals surface area contributed by atoms with Gasteiger partial charge in [-0.3, -0.25) is 10.1 Å². The number of rotatable bonds is 7. The SMILES string of the molecule is CCC[C@@H](CCC(C)C)C(=O)NC(=O)N1CCN(c2ccc(C)cc2C)CC1. The minimum absolute atomic E-state index is 0.0622. The fourth-order valence-corrected chi connectivity index (χ4v) is 3.89. The second-order valence-electron chi connectivity index (χ2n) is 8.52. The molecule has 28 heavy (non-hydrogen) atoms. The van der Waals surface area contributed by atoms with Crippen molar-refractivity contribution in [2.24, 2.45) is 11.8 Å². The third-order valence-corrected chi connectivity index (χ3v) is 5.59. The zero-order chi connectivity index (χ0) is 20.7. The molecule has 0 radical (unpaired) electrons. The van der Waals surface area contributed by atoms with Crippen LogP contribution in [0, 0.1) is 25.7 Å². The summed E-state index contributed by atoms with van der Waals surface area (Å²) in [5.41, 5.74) is 3.76. The van der Waals surface area contributed by atoms with E-state index in [1.165, 1.54) is 16.8 Å². The van der Waals surface area contributed by atoms with Gasteiger partial charge in [-0.05, 0) is 44.2 Å². The number of anilines is 1. The Balaban J connectivity index is 1.87. The Labute approximate surface area is 170 Å². The largest absolute Gasteiger partial charge is 0.368 e. The molecule has 1 aliphatic heterocycles. The van der Waals surface area contributed by atoms with Gasteiger partial charge < -0.3 is 9.80 Å². The smallest absolute Gasteiger partial charge is 0.324 e. The number of imide groups is 1. The molecule has 1 N–H and O–H groups in total. The zero-order valence-corrected chi connectivity index (χ0v) is 18.3. The average Bonchev–Trinajstić information content (AvgIpc) is 2.65. The molecule has 5 heteroatoms. The van der Waals surface area contributed by atoms with Crippen LogP contribution in [0.3, 0.4) is 0 Å². The van der Waals surface area contributed by atoms with Crippen molar-refractivity contribution in [2.45, 2.75) is 60.3 Å². The standard InChI is InChI=1S/C23H37N3O2/c1-6-7-20(10-8-17(2)3)22(27)24-23(28)26-14-12-25(13-15-26)21-11-9-18(4)16-19(21)5/h9,11,16-17,20H,6-8,10,12-15H2,1-5H3,(H,24,27,28)/t20-/m0/s1. The van der Waals surface area contributed by atoms with Crippen molar-refractivity contribution < 1.29 is 9.59 Å². The minimum Gasteiger partial charge on any atom is -0.368 e. The first kappa shape index (κ1) is 22.3. The molecule has 1 saturated heterocycles. The lowest BCUT2D eigenvalue weighted by Crippen LogP contribution is -2.53. The third kappa shape index (κ3) is 6.25. The van der Waals surface area contributed by atoms with Gasteiger partial charge in [-0.1, -0.05) is 51.3 Å². The number of carbonyl (C=O) groups is 2. The molecule has 1 heterocycles. The number of amides is 3. The van der Waals surface area contributed by atoms with Crippen LogP contribution in [-0.4, -0.2) is 43.0 Å². The molecule has 2 rings (SSSR count). The molecule has 1 aromatic rings. The van der Waals surface area contributed by atoms with Gasteiger partial charge in [-0.15, -0.1) is 0 Å². The fraction of sp³-hybridized carbons (Fsp3) is 0.652. The number of hydrogen-bond acceptors (Lipinski definition) is 3. The monoisotopic (exact) mass is 387 g/mol. The molecule has 0 aliphatic carbocycles. The third-order valence-electron chi connectivity index (χ3n) is 5.59. The summed E-state index contributed by atoms with van der Waals surface area (Å²) >= 11 is 0. The summed E-state index contributed by atoms with van der Waals surface area (Å²) in [6.45, 7) is 13.5. The Hall–Kier alpha value is -2.04. The van der Waals surface area contributed by atoms with E-state index < -0.39 is 0 Å². The van der Waals surface area contributed by atoms with Gasteiger partial charge in [-0.25, -0.2) is 4.79 Å². The highest BCUT2D eigenvalue weighted by molar-refractivity contribution is 5.95. The highest BCUT2D eigenvalue weighted by atomic mass is 16.2. The van der Waals surface area contributed by atoms with Crippen LogP contribution in [-0.2, 0) is 4.79 Å². The van der Waals surface area contributed by atoms with E-state index >= 15 is 0 Å². The van der Waals surface area contributed by atoms with E-state index in [0.29, 0.717) is 19.0 Å². The second kappa shape index (κ2) is 10.5. The molecule has 0 saturated carbocycles. The van der Waals surface area contributed by atoms with E-state index in [1.54, 1.807) is 4.90 Å². The predicted molar refractivity (Wildman–Crippen MR) is 116 cm³/mol. The molecule has 1 fully saturated rings. The molecule has 1 aliphatic rings. The van der Waals surface area contributed by atoms with Gasteiger partial charge in [-0.2, -0.15) is 0 Å². The number of benzene rings is 1. The number of hydrogen-bond donors (Lipinski definition) is 1. The summed E-state index contributed by atoms with van der Waals surface area (Å²) < 4.78 is 0.